The van der Waals surface area contributed by atoms with Crippen LogP contribution in [0, 0.1) is 12.7 Å². The van der Waals surface area contributed by atoms with Gasteiger partial charge in [0.15, 0.2) is 5.11 Å². The van der Waals surface area contributed by atoms with Gasteiger partial charge in [-0.2, -0.15) is 0 Å². The highest BCUT2D eigenvalue weighted by Gasteiger charge is 2.14. The number of halogens is 2. The fourth-order valence-corrected chi connectivity index (χ4v) is 3.69. The number of anilines is 1. The van der Waals surface area contributed by atoms with Crippen LogP contribution in [0.1, 0.15) is 17.5 Å². The van der Waals surface area contributed by atoms with E-state index in [1.165, 1.54) is 12.1 Å². The van der Waals surface area contributed by atoms with Crippen molar-refractivity contribution in [2.24, 2.45) is 0 Å². The van der Waals surface area contributed by atoms with Gasteiger partial charge >= 0.3 is 0 Å². The minimum absolute atomic E-state index is 0.232. The molecule has 156 valence electrons. The SMILES string of the molecule is Cc1cc(NC(=S)N(CCCN2CCOCC2)Cc2ccc(F)cc2)ccc1Cl. The maximum Gasteiger partial charge on any atom is 0.173 e. The van der Waals surface area contributed by atoms with Gasteiger partial charge in [-0.3, -0.25) is 4.90 Å². The molecule has 1 saturated heterocycles. The third kappa shape index (κ3) is 6.93. The molecular formula is C22H27ClFN3OS. The molecule has 0 amide bonds. The molecule has 2 aromatic rings. The Balaban J connectivity index is 1.63. The lowest BCUT2D eigenvalue weighted by Crippen LogP contribution is -2.40. The third-order valence-electron chi connectivity index (χ3n) is 4.99. The quantitative estimate of drug-likeness (QED) is 0.636. The van der Waals surface area contributed by atoms with Crippen molar-refractivity contribution in [2.75, 3.05) is 44.7 Å². The average Bonchev–Trinajstić information content (AvgIpc) is 2.72. The molecule has 0 spiro atoms. The molecule has 0 radical (unpaired) electrons. The van der Waals surface area contributed by atoms with Crippen LogP contribution < -0.4 is 5.32 Å². The van der Waals surface area contributed by atoms with E-state index in [4.69, 9.17) is 28.6 Å². The Kier molecular flexibility index (Phi) is 8.24. The lowest BCUT2D eigenvalue weighted by atomic mass is 10.2. The maximum atomic E-state index is 13.3. The number of hydrogen-bond donors (Lipinski definition) is 1. The first kappa shape index (κ1) is 22.0. The van der Waals surface area contributed by atoms with Gasteiger partial charge in [-0.15, -0.1) is 0 Å². The Morgan fingerprint density at radius 2 is 1.93 bits per heavy atom. The summed E-state index contributed by atoms with van der Waals surface area (Å²) in [4.78, 5) is 4.55. The minimum Gasteiger partial charge on any atom is -0.379 e. The molecule has 3 rings (SSSR count). The zero-order valence-corrected chi connectivity index (χ0v) is 18.2. The molecule has 1 fully saturated rings. The predicted molar refractivity (Wildman–Crippen MR) is 121 cm³/mol. The topological polar surface area (TPSA) is 27.7 Å². The Morgan fingerprint density at radius 1 is 1.21 bits per heavy atom. The smallest absolute Gasteiger partial charge is 0.173 e. The van der Waals surface area contributed by atoms with E-state index in [1.807, 2.05) is 25.1 Å². The van der Waals surface area contributed by atoms with Crippen molar-refractivity contribution >= 4 is 34.6 Å². The zero-order chi connectivity index (χ0) is 20.6. The van der Waals surface area contributed by atoms with Crippen LogP contribution in [0.15, 0.2) is 42.5 Å². The number of nitrogens with one attached hydrogen (secondary N) is 1. The molecule has 0 saturated carbocycles. The molecule has 1 aliphatic heterocycles. The minimum atomic E-state index is -0.232. The number of aryl methyl sites for hydroxylation is 1. The van der Waals surface area contributed by atoms with Crippen LogP contribution in [0.2, 0.25) is 5.02 Å². The summed E-state index contributed by atoms with van der Waals surface area (Å²) in [5, 5.41) is 4.70. The largest absolute Gasteiger partial charge is 0.379 e. The van der Waals surface area contributed by atoms with Crippen molar-refractivity contribution in [2.45, 2.75) is 19.9 Å². The number of rotatable bonds is 7. The van der Waals surface area contributed by atoms with E-state index in [0.717, 1.165) is 67.7 Å². The van der Waals surface area contributed by atoms with Crippen molar-refractivity contribution in [3.05, 3.63) is 64.4 Å². The summed E-state index contributed by atoms with van der Waals surface area (Å²) < 4.78 is 18.7. The molecule has 1 aliphatic rings. The molecule has 0 bridgehead atoms. The van der Waals surface area contributed by atoms with Gasteiger partial charge in [-0.05, 0) is 67.0 Å². The number of hydrogen-bond acceptors (Lipinski definition) is 3. The van der Waals surface area contributed by atoms with E-state index in [-0.39, 0.29) is 5.82 Å². The second-order valence-electron chi connectivity index (χ2n) is 7.25. The van der Waals surface area contributed by atoms with E-state index in [2.05, 4.69) is 15.1 Å². The van der Waals surface area contributed by atoms with Crippen LogP contribution in [0.25, 0.3) is 0 Å². The lowest BCUT2D eigenvalue weighted by Gasteiger charge is -2.29. The summed E-state index contributed by atoms with van der Waals surface area (Å²) in [6, 6.07) is 12.4. The molecule has 4 nitrogen and oxygen atoms in total. The van der Waals surface area contributed by atoms with Gasteiger partial charge in [0.05, 0.1) is 13.2 Å². The van der Waals surface area contributed by atoms with Crippen LogP contribution in [-0.4, -0.2) is 54.3 Å². The molecule has 0 unspecified atom stereocenters. The van der Waals surface area contributed by atoms with E-state index in [9.17, 15) is 4.39 Å². The summed E-state index contributed by atoms with van der Waals surface area (Å²) in [5.74, 6) is -0.232. The summed E-state index contributed by atoms with van der Waals surface area (Å²) in [5.41, 5.74) is 2.93. The van der Waals surface area contributed by atoms with Crippen LogP contribution in [0.4, 0.5) is 10.1 Å². The first-order valence-corrected chi connectivity index (χ1v) is 10.7. The summed E-state index contributed by atoms with van der Waals surface area (Å²) >= 11 is 11.8. The van der Waals surface area contributed by atoms with Gasteiger partial charge in [-0.1, -0.05) is 23.7 Å². The van der Waals surface area contributed by atoms with Crippen molar-refractivity contribution in [3.8, 4) is 0 Å². The van der Waals surface area contributed by atoms with Crippen LogP contribution >= 0.6 is 23.8 Å². The molecule has 1 heterocycles. The first-order valence-electron chi connectivity index (χ1n) is 9.88. The molecule has 2 aromatic carbocycles. The van der Waals surface area contributed by atoms with Gasteiger partial charge < -0.3 is 15.0 Å². The molecule has 1 N–H and O–H groups in total. The second kappa shape index (κ2) is 10.9. The predicted octanol–water partition coefficient (Wildman–Crippen LogP) is 4.71. The zero-order valence-electron chi connectivity index (χ0n) is 16.7. The summed E-state index contributed by atoms with van der Waals surface area (Å²) in [6.45, 7) is 7.97. The third-order valence-corrected chi connectivity index (χ3v) is 5.77. The van der Waals surface area contributed by atoms with Crippen molar-refractivity contribution in [1.29, 1.82) is 0 Å². The fourth-order valence-electron chi connectivity index (χ4n) is 3.30. The van der Waals surface area contributed by atoms with Crippen LogP contribution in [0.5, 0.6) is 0 Å². The number of nitrogens with zero attached hydrogens (tertiary/aromatic N) is 2. The molecule has 0 aliphatic carbocycles. The van der Waals surface area contributed by atoms with Gasteiger partial charge in [0, 0.05) is 43.4 Å². The lowest BCUT2D eigenvalue weighted by molar-refractivity contribution is 0.0368. The van der Waals surface area contributed by atoms with Crippen LogP contribution in [-0.2, 0) is 11.3 Å². The fraction of sp³-hybridized carbons (Fsp3) is 0.409. The van der Waals surface area contributed by atoms with Gasteiger partial charge in [0.1, 0.15) is 5.82 Å². The van der Waals surface area contributed by atoms with Crippen molar-refractivity contribution in [1.82, 2.24) is 9.80 Å². The average molecular weight is 436 g/mol. The Hall–Kier alpha value is -1.73. The monoisotopic (exact) mass is 435 g/mol. The van der Waals surface area contributed by atoms with E-state index >= 15 is 0 Å². The van der Waals surface area contributed by atoms with Gasteiger partial charge in [0.25, 0.3) is 0 Å². The number of ether oxygens (including phenoxy) is 1. The van der Waals surface area contributed by atoms with E-state index in [1.54, 1.807) is 12.1 Å². The van der Waals surface area contributed by atoms with Crippen LogP contribution in [0.3, 0.4) is 0 Å². The maximum absolute atomic E-state index is 13.3. The van der Waals surface area contributed by atoms with Gasteiger partial charge in [-0.25, -0.2) is 4.39 Å². The standard InChI is InChI=1S/C22H27ClFN3OS/c1-17-15-20(7-8-21(17)23)25-22(29)27(16-18-3-5-19(24)6-4-18)10-2-9-26-11-13-28-14-12-26/h3-8,15H,2,9-14,16H2,1H3,(H,25,29). The van der Waals surface area contributed by atoms with Gasteiger partial charge in [0.2, 0.25) is 0 Å². The Labute approximate surface area is 182 Å². The first-order chi connectivity index (χ1) is 14.0. The summed E-state index contributed by atoms with van der Waals surface area (Å²) in [7, 11) is 0. The van der Waals surface area contributed by atoms with Crippen molar-refractivity contribution < 1.29 is 9.13 Å². The number of thiocarbonyl (C=S) groups is 1. The Morgan fingerprint density at radius 3 is 2.62 bits per heavy atom. The highest BCUT2D eigenvalue weighted by molar-refractivity contribution is 7.80. The molecule has 0 aromatic heterocycles. The molecule has 7 heteroatoms. The van der Waals surface area contributed by atoms with Crippen molar-refractivity contribution in [3.63, 3.8) is 0 Å². The number of morpholine rings is 1. The van der Waals surface area contributed by atoms with E-state index < -0.39 is 0 Å². The number of benzene rings is 2. The summed E-state index contributed by atoms with van der Waals surface area (Å²) in [6.07, 6.45) is 0.989. The Bertz CT molecular complexity index is 812. The highest BCUT2D eigenvalue weighted by atomic mass is 35.5. The molecular weight excluding hydrogens is 409 g/mol. The van der Waals surface area contributed by atoms with E-state index in [0.29, 0.717) is 11.7 Å². The normalized spacial score (nSPS) is 14.6. The highest BCUT2D eigenvalue weighted by Crippen LogP contribution is 2.20. The molecule has 0 atom stereocenters. The second-order valence-corrected chi connectivity index (χ2v) is 8.04. The molecule has 29 heavy (non-hydrogen) atoms.